The average Bonchev–Trinajstić information content (AvgIpc) is 3.39. The molecule has 0 aliphatic heterocycles. The lowest BCUT2D eigenvalue weighted by Gasteiger charge is -2.33. The first-order chi connectivity index (χ1) is 19.4. The van der Waals surface area contributed by atoms with Crippen molar-refractivity contribution in [1.82, 2.24) is 9.38 Å². The molecule has 1 fully saturated rings. The van der Waals surface area contributed by atoms with E-state index in [0.29, 0.717) is 17.3 Å². The van der Waals surface area contributed by atoms with Crippen LogP contribution in [0.2, 0.25) is 0 Å². The van der Waals surface area contributed by atoms with Crippen molar-refractivity contribution in [2.45, 2.75) is 46.0 Å². The van der Waals surface area contributed by atoms with Crippen LogP contribution in [0.15, 0.2) is 73.1 Å². The number of carboxylic acid groups (broad SMARTS) is 1. The van der Waals surface area contributed by atoms with Gasteiger partial charge in [-0.25, -0.2) is 14.2 Å². The van der Waals surface area contributed by atoms with Crippen molar-refractivity contribution in [3.05, 3.63) is 112 Å². The van der Waals surface area contributed by atoms with Gasteiger partial charge in [0.15, 0.2) is 0 Å². The monoisotopic (exact) mass is 533 g/mol. The van der Waals surface area contributed by atoms with Gasteiger partial charge in [0.05, 0.1) is 0 Å². The number of halogens is 1. The number of carbonyl (C=O) groups is 1. The first kappa shape index (κ1) is 27.1. The highest BCUT2D eigenvalue weighted by molar-refractivity contribution is 6.01. The molecule has 0 atom stereocenters. The van der Waals surface area contributed by atoms with E-state index < -0.39 is 5.97 Å². The normalized spacial score (nSPS) is 14.4. The van der Waals surface area contributed by atoms with Gasteiger partial charge in [0.1, 0.15) is 23.2 Å². The Bertz CT molecular complexity index is 1650. The Morgan fingerprint density at radius 1 is 1.15 bits per heavy atom. The van der Waals surface area contributed by atoms with E-state index in [2.05, 4.69) is 24.9 Å². The van der Waals surface area contributed by atoms with Crippen LogP contribution >= 0.6 is 0 Å². The maximum absolute atomic E-state index is 14.6. The number of carboxylic acids is 1. The summed E-state index contributed by atoms with van der Waals surface area (Å²) in [5.74, 6) is -0.500. The maximum atomic E-state index is 14.6. The number of rotatable bonds is 9. The molecule has 2 aromatic heterocycles. The van der Waals surface area contributed by atoms with Gasteiger partial charge in [-0.3, -0.25) is 4.40 Å². The van der Waals surface area contributed by atoms with Crippen molar-refractivity contribution in [3.8, 4) is 6.07 Å². The summed E-state index contributed by atoms with van der Waals surface area (Å²) < 4.78 is 16.4. The Hall–Kier alpha value is -4.50. The molecule has 5 rings (SSSR count). The van der Waals surface area contributed by atoms with Gasteiger partial charge in [0.25, 0.3) is 0 Å². The molecule has 2 heterocycles. The lowest BCUT2D eigenvalue weighted by atomic mass is 9.71. The predicted octanol–water partition coefficient (Wildman–Crippen LogP) is 7.79. The number of pyridine rings is 1. The van der Waals surface area contributed by atoms with Crippen molar-refractivity contribution < 1.29 is 14.3 Å². The minimum absolute atomic E-state index is 0.246. The second kappa shape index (κ2) is 11.7. The number of aromatic nitrogens is 2. The van der Waals surface area contributed by atoms with Crippen LogP contribution in [-0.4, -0.2) is 20.5 Å². The number of aryl methyl sites for hydroxylation is 1. The lowest BCUT2D eigenvalue weighted by Crippen LogP contribution is -2.17. The third-order valence-corrected chi connectivity index (χ3v) is 7.69. The highest BCUT2D eigenvalue weighted by Gasteiger charge is 2.30. The Morgan fingerprint density at radius 2 is 1.90 bits per heavy atom. The van der Waals surface area contributed by atoms with Crippen molar-refractivity contribution in [3.63, 3.8) is 0 Å². The Balaban J connectivity index is 1.81. The van der Waals surface area contributed by atoms with Gasteiger partial charge in [-0.05, 0) is 101 Å². The second-order valence-electron chi connectivity index (χ2n) is 10.8. The topological polar surface area (TPSA) is 78.4 Å². The SMILES string of the molecule is CC(C)CCc1cc(F)ccc1C(=C(c1ccc(C=CC(=O)O)cc1)c1ccc2nccn2c1C#N)C1CCC1. The number of nitrogens with zero attached hydrogens (tertiary/aromatic N) is 3. The van der Waals surface area contributed by atoms with Crippen LogP contribution in [0.1, 0.15) is 73.0 Å². The molecule has 0 saturated heterocycles. The maximum Gasteiger partial charge on any atom is 0.328 e. The van der Waals surface area contributed by atoms with E-state index in [1.807, 2.05) is 46.9 Å². The molecule has 4 aromatic rings. The summed E-state index contributed by atoms with van der Waals surface area (Å²) in [4.78, 5) is 15.4. The molecule has 6 heteroatoms. The summed E-state index contributed by atoms with van der Waals surface area (Å²) >= 11 is 0. The minimum atomic E-state index is -1.01. The van der Waals surface area contributed by atoms with Crippen molar-refractivity contribution in [1.29, 1.82) is 5.26 Å². The van der Waals surface area contributed by atoms with Gasteiger partial charge in [-0.1, -0.05) is 50.6 Å². The predicted molar refractivity (Wildman–Crippen MR) is 156 cm³/mol. The number of hydrogen-bond donors (Lipinski definition) is 1. The summed E-state index contributed by atoms with van der Waals surface area (Å²) in [5, 5.41) is 19.4. The van der Waals surface area contributed by atoms with Crippen LogP contribution < -0.4 is 0 Å². The molecule has 202 valence electrons. The van der Waals surface area contributed by atoms with Gasteiger partial charge in [-0.15, -0.1) is 0 Å². The highest BCUT2D eigenvalue weighted by Crippen LogP contribution is 2.46. The molecule has 0 bridgehead atoms. The number of aliphatic carboxylic acids is 1. The molecule has 5 nitrogen and oxygen atoms in total. The van der Waals surface area contributed by atoms with Gasteiger partial charge < -0.3 is 5.11 Å². The molecule has 0 amide bonds. The number of hydrogen-bond acceptors (Lipinski definition) is 3. The standard InChI is InChI=1S/C34H32FN3O2/c1-22(2)6-10-26-20-27(35)13-14-28(26)33(24-4-3-5-24)34(25-11-7-23(8-12-25)9-17-32(39)40)29-15-16-31-37-18-19-38(31)30(29)21-36/h7-9,11-20,22,24H,3-6,10H2,1-2H3,(H,39,40). The number of benzene rings is 2. The third-order valence-electron chi connectivity index (χ3n) is 7.69. The Kier molecular flexibility index (Phi) is 7.93. The van der Waals surface area contributed by atoms with E-state index in [1.54, 1.807) is 24.5 Å². The molecule has 1 aliphatic rings. The molecular weight excluding hydrogens is 501 g/mol. The zero-order chi connectivity index (χ0) is 28.2. The molecular formula is C34H32FN3O2. The molecule has 1 aliphatic carbocycles. The second-order valence-corrected chi connectivity index (χ2v) is 10.8. The van der Waals surface area contributed by atoms with E-state index in [-0.39, 0.29) is 11.7 Å². The molecule has 0 unspecified atom stereocenters. The highest BCUT2D eigenvalue weighted by atomic mass is 19.1. The van der Waals surface area contributed by atoms with E-state index >= 15 is 0 Å². The van der Waals surface area contributed by atoms with Crippen LogP contribution in [0, 0.1) is 29.0 Å². The largest absolute Gasteiger partial charge is 0.478 e. The van der Waals surface area contributed by atoms with Crippen LogP contribution in [-0.2, 0) is 11.2 Å². The smallest absolute Gasteiger partial charge is 0.328 e. The fraction of sp³-hybridized carbons (Fsp3) is 0.265. The van der Waals surface area contributed by atoms with Crippen molar-refractivity contribution in [2.75, 3.05) is 0 Å². The fourth-order valence-corrected chi connectivity index (χ4v) is 5.43. The van der Waals surface area contributed by atoms with E-state index in [1.165, 1.54) is 6.07 Å². The fourth-order valence-electron chi connectivity index (χ4n) is 5.43. The molecule has 2 aromatic carbocycles. The lowest BCUT2D eigenvalue weighted by molar-refractivity contribution is -0.131. The van der Waals surface area contributed by atoms with Crippen LogP contribution in [0.5, 0.6) is 0 Å². The van der Waals surface area contributed by atoms with E-state index in [0.717, 1.165) is 77.1 Å². The first-order valence-corrected chi connectivity index (χ1v) is 13.8. The number of fused-ring (bicyclic) bond motifs is 1. The zero-order valence-electron chi connectivity index (χ0n) is 22.8. The van der Waals surface area contributed by atoms with Crippen LogP contribution in [0.25, 0.3) is 22.9 Å². The summed E-state index contributed by atoms with van der Waals surface area (Å²) in [6.45, 7) is 4.35. The van der Waals surface area contributed by atoms with Gasteiger partial charge in [0, 0.05) is 24.0 Å². The molecule has 0 radical (unpaired) electrons. The quantitative estimate of drug-likeness (QED) is 0.176. The minimum Gasteiger partial charge on any atom is -0.478 e. The van der Waals surface area contributed by atoms with Gasteiger partial charge in [-0.2, -0.15) is 5.26 Å². The first-order valence-electron chi connectivity index (χ1n) is 13.8. The van der Waals surface area contributed by atoms with Crippen molar-refractivity contribution in [2.24, 2.45) is 11.8 Å². The van der Waals surface area contributed by atoms with Gasteiger partial charge in [0.2, 0.25) is 0 Å². The molecule has 40 heavy (non-hydrogen) atoms. The van der Waals surface area contributed by atoms with E-state index in [4.69, 9.17) is 5.11 Å². The molecule has 1 saturated carbocycles. The van der Waals surface area contributed by atoms with Crippen molar-refractivity contribution >= 4 is 28.8 Å². The molecule has 0 spiro atoms. The Labute approximate surface area is 233 Å². The third kappa shape index (κ3) is 5.60. The zero-order valence-corrected chi connectivity index (χ0v) is 22.8. The summed E-state index contributed by atoms with van der Waals surface area (Å²) in [6.07, 6.45) is 11.0. The van der Waals surface area contributed by atoms with Crippen LogP contribution in [0.3, 0.4) is 0 Å². The molecule has 1 N–H and O–H groups in total. The number of nitriles is 1. The van der Waals surface area contributed by atoms with E-state index in [9.17, 15) is 14.4 Å². The summed E-state index contributed by atoms with van der Waals surface area (Å²) in [5.41, 5.74) is 7.76. The number of allylic oxidation sites excluding steroid dienone is 1. The number of imidazole rings is 1. The Morgan fingerprint density at radius 3 is 2.55 bits per heavy atom. The van der Waals surface area contributed by atoms with Gasteiger partial charge >= 0.3 is 5.97 Å². The average molecular weight is 534 g/mol. The summed E-state index contributed by atoms with van der Waals surface area (Å²) in [7, 11) is 0. The summed E-state index contributed by atoms with van der Waals surface area (Å²) in [6, 6.07) is 19.1. The van der Waals surface area contributed by atoms with Crippen LogP contribution in [0.4, 0.5) is 4.39 Å².